The van der Waals surface area contributed by atoms with Crippen molar-refractivity contribution in [3.05, 3.63) is 166 Å². The summed E-state index contributed by atoms with van der Waals surface area (Å²) < 4.78 is 51.9. The minimum atomic E-state index is -0.709. The molecule has 17 rings (SSSR count). The molecule has 4 unspecified atom stereocenters. The van der Waals surface area contributed by atoms with Crippen LogP contribution in [0.15, 0.2) is 121 Å². The largest absolute Gasteiger partial charge is 0.457 e. The number of nitrogens with zero attached hydrogens (tertiary/aromatic N) is 8. The Balaban J connectivity index is 0.838. The van der Waals surface area contributed by atoms with Crippen LogP contribution in [-0.2, 0) is 28.5 Å². The van der Waals surface area contributed by atoms with Crippen LogP contribution in [0.2, 0.25) is 0 Å². The average Bonchev–Trinajstić information content (AvgIpc) is 1.61. The van der Waals surface area contributed by atoms with E-state index in [4.69, 9.17) is 37.9 Å². The van der Waals surface area contributed by atoms with Gasteiger partial charge in [-0.1, -0.05) is 104 Å². The van der Waals surface area contributed by atoms with E-state index in [1.807, 2.05) is 97.1 Å². The molecule has 0 saturated carbocycles. The topological polar surface area (TPSA) is 215 Å². The van der Waals surface area contributed by atoms with E-state index in [1.165, 1.54) is 0 Å². The number of amides is 6. The Hall–Kier alpha value is -9.62. The van der Waals surface area contributed by atoms with E-state index in [0.717, 1.165) is 111 Å². The maximum absolute atomic E-state index is 16.2. The molecule has 9 aromatic carbocycles. The molecule has 4 atom stereocenters. The van der Waals surface area contributed by atoms with E-state index >= 15 is 19.2 Å². The Bertz CT molecular complexity index is 4530. The maximum atomic E-state index is 16.2. The SMILES string of the molecule is CC(C)c1cccc(Oc2cc3c4c(cc(Oc5cccc(C(C)C)c5)c5c6c(Oc7cccc(C(C)C)c7)cc7c8c(cc(Oc9cccc(C(C)C)c9)c(c2c45)c86)C(=O)N(CC(=O)N2CCN(CCN(CC4CO4)CC4CO4)CC2)C7=O)C(=O)N(CC(=O)N2CCN(CCN(CC4CO4)CC4CO4)CC2)C3=O)c1. The van der Waals surface area contributed by atoms with Crippen LogP contribution in [0.4, 0.5) is 0 Å². The second kappa shape index (κ2) is 30.2. The van der Waals surface area contributed by atoms with E-state index in [-0.39, 0.29) is 116 Å². The van der Waals surface area contributed by atoms with Crippen molar-refractivity contribution in [2.75, 3.05) is 144 Å². The monoisotopic (exact) mass is 1490 g/mol. The zero-order chi connectivity index (χ0) is 75.9. The number of benzene rings is 9. The van der Waals surface area contributed by atoms with E-state index < -0.39 is 36.7 Å². The van der Waals surface area contributed by atoms with Gasteiger partial charge in [0.1, 0.15) is 59.1 Å². The van der Waals surface area contributed by atoms with Crippen LogP contribution in [0.3, 0.4) is 0 Å². The van der Waals surface area contributed by atoms with Gasteiger partial charge >= 0.3 is 0 Å². The molecular weight excluding hydrogens is 1390 g/mol. The number of carbonyl (C=O) groups is 6. The molecule has 110 heavy (non-hydrogen) atoms. The molecule has 8 aliphatic rings. The Labute approximate surface area is 640 Å². The summed E-state index contributed by atoms with van der Waals surface area (Å²) in [6.45, 7) is 29.5. The molecule has 0 aliphatic carbocycles. The summed E-state index contributed by atoms with van der Waals surface area (Å²) in [7, 11) is 0. The molecule has 8 heterocycles. The van der Waals surface area contributed by atoms with Gasteiger partial charge in [-0.2, -0.15) is 0 Å². The fraction of sp³-hybridized carbons (Fsp3) is 0.432. The molecule has 0 bridgehead atoms. The van der Waals surface area contributed by atoms with Crippen molar-refractivity contribution in [3.8, 4) is 46.0 Å². The van der Waals surface area contributed by atoms with Crippen LogP contribution < -0.4 is 18.9 Å². The molecule has 0 radical (unpaired) electrons. The molecule has 9 aromatic rings. The fourth-order valence-electron chi connectivity index (χ4n) is 16.3. The van der Waals surface area contributed by atoms with Crippen LogP contribution in [0.25, 0.3) is 43.1 Å². The van der Waals surface area contributed by atoms with Gasteiger partial charge in [0.05, 0.1) is 73.1 Å². The molecule has 0 N–H and O–H groups in total. The molecule has 22 nitrogen and oxygen atoms in total. The zero-order valence-electron chi connectivity index (χ0n) is 64.0. The third kappa shape index (κ3) is 15.1. The first-order valence-electron chi connectivity index (χ1n) is 39.3. The first kappa shape index (κ1) is 73.2. The van der Waals surface area contributed by atoms with Crippen LogP contribution in [0.1, 0.15) is 143 Å². The lowest BCUT2D eigenvalue weighted by Gasteiger charge is -2.37. The van der Waals surface area contributed by atoms with E-state index in [9.17, 15) is 9.59 Å². The van der Waals surface area contributed by atoms with Gasteiger partial charge in [0.25, 0.3) is 23.6 Å². The molecule has 0 aromatic heterocycles. The minimum Gasteiger partial charge on any atom is -0.457 e. The van der Waals surface area contributed by atoms with E-state index in [1.54, 1.807) is 34.1 Å². The second-order valence-corrected chi connectivity index (χ2v) is 32.2. The van der Waals surface area contributed by atoms with Crippen molar-refractivity contribution in [3.63, 3.8) is 0 Å². The summed E-state index contributed by atoms with van der Waals surface area (Å²) in [4.78, 5) is 110. The number of carbonyl (C=O) groups excluding carboxylic acids is 6. The smallest absolute Gasteiger partial charge is 0.262 e. The average molecular weight is 1490 g/mol. The van der Waals surface area contributed by atoms with Crippen molar-refractivity contribution in [1.82, 2.24) is 39.2 Å². The summed E-state index contributed by atoms with van der Waals surface area (Å²) in [6, 6.07) is 37.6. The summed E-state index contributed by atoms with van der Waals surface area (Å²) in [5.74, 6) is -0.897. The highest BCUT2D eigenvalue weighted by molar-refractivity contribution is 6.45. The maximum Gasteiger partial charge on any atom is 0.262 e. The Kier molecular flexibility index (Phi) is 20.1. The van der Waals surface area contributed by atoms with Gasteiger partial charge in [-0.3, -0.25) is 58.2 Å². The predicted octanol–water partition coefficient (Wildman–Crippen LogP) is 13.1. The van der Waals surface area contributed by atoms with E-state index in [2.05, 4.69) is 75.0 Å². The lowest BCUT2D eigenvalue weighted by Crippen LogP contribution is -2.54. The number of hydrogen-bond donors (Lipinski definition) is 0. The standard InChI is InChI=1S/C88H96N8O14/c1-51(2)55-13-9-17-59(33-55)107-71-37-67-77-68(86(100)95(85(67)99)45-75(97)93-29-25-89(26-30-93)21-23-91(41-63-47-103-63)42-64-48-104-64)39-73(109-61-19-11-15-57(35-61)53(5)6)81-82-74(110-62-20-12-16-58(36-62)54(7)8)40-70-78-69(38-72(80(84(78)82)79(71)83(77)81)108-60-18-10-14-56(34-60)52(3)4)87(101)96(88(70)102)46-76(98)94-31-27-90(28-32-94)22-24-92(43-65-49-105-65)44-66-50-106-66/h9-20,33-40,51-54,63-66H,21-32,41-50H2,1-8H3. The molecule has 6 saturated heterocycles. The number of fused-ring (bicyclic) bond motifs is 2. The summed E-state index contributed by atoms with van der Waals surface area (Å²) in [6.07, 6.45) is 1.00. The Morgan fingerprint density at radius 3 is 0.855 bits per heavy atom. The minimum absolute atomic E-state index is 0.0798. The van der Waals surface area contributed by atoms with Crippen molar-refractivity contribution in [2.24, 2.45) is 0 Å². The van der Waals surface area contributed by atoms with Gasteiger partial charge in [-0.15, -0.1) is 0 Å². The normalized spacial score (nSPS) is 19.9. The van der Waals surface area contributed by atoms with Crippen LogP contribution in [0, 0.1) is 0 Å². The summed E-state index contributed by atoms with van der Waals surface area (Å²) in [5.41, 5.74) is 4.25. The van der Waals surface area contributed by atoms with Crippen molar-refractivity contribution >= 4 is 78.5 Å². The van der Waals surface area contributed by atoms with Crippen LogP contribution in [0.5, 0.6) is 46.0 Å². The number of rotatable bonds is 30. The lowest BCUT2D eigenvalue weighted by molar-refractivity contribution is -0.134. The first-order valence-corrected chi connectivity index (χ1v) is 39.3. The fourth-order valence-corrected chi connectivity index (χ4v) is 16.3. The molecule has 8 aliphatic heterocycles. The highest BCUT2D eigenvalue weighted by Crippen LogP contribution is 2.58. The molecule has 22 heteroatoms. The summed E-state index contributed by atoms with van der Waals surface area (Å²) in [5, 5.41) is 2.69. The number of piperazine rings is 2. The number of ether oxygens (including phenoxy) is 8. The summed E-state index contributed by atoms with van der Waals surface area (Å²) >= 11 is 0. The second-order valence-electron chi connectivity index (χ2n) is 32.2. The molecule has 6 amide bonds. The lowest BCUT2D eigenvalue weighted by atomic mass is 9.80. The van der Waals surface area contributed by atoms with Gasteiger partial charge in [-0.05, 0) is 119 Å². The first-order chi connectivity index (χ1) is 53.2. The molecule has 0 spiro atoms. The van der Waals surface area contributed by atoms with Gasteiger partial charge in [0.15, 0.2) is 0 Å². The third-order valence-electron chi connectivity index (χ3n) is 23.0. The van der Waals surface area contributed by atoms with Gasteiger partial charge in [-0.25, -0.2) is 0 Å². The quantitative estimate of drug-likeness (QED) is 0.0177. The van der Waals surface area contributed by atoms with Crippen molar-refractivity contribution in [1.29, 1.82) is 0 Å². The van der Waals surface area contributed by atoms with Crippen molar-refractivity contribution in [2.45, 2.75) is 103 Å². The van der Waals surface area contributed by atoms with Crippen LogP contribution >= 0.6 is 0 Å². The van der Waals surface area contributed by atoms with Crippen LogP contribution in [-0.4, -0.2) is 243 Å². The van der Waals surface area contributed by atoms with Gasteiger partial charge in [0.2, 0.25) is 11.8 Å². The molecule has 6 fully saturated rings. The Morgan fingerprint density at radius 1 is 0.364 bits per heavy atom. The number of epoxide rings is 4. The highest BCUT2D eigenvalue weighted by atomic mass is 16.6. The third-order valence-corrected chi connectivity index (χ3v) is 23.0. The van der Waals surface area contributed by atoms with Gasteiger partial charge < -0.3 is 47.7 Å². The van der Waals surface area contributed by atoms with Gasteiger partial charge in [0, 0.05) is 148 Å². The van der Waals surface area contributed by atoms with E-state index in [0.29, 0.717) is 108 Å². The highest BCUT2D eigenvalue weighted by Gasteiger charge is 2.44. The predicted molar refractivity (Wildman–Crippen MR) is 419 cm³/mol. The number of imide groups is 2. The molecular formula is C88H96N8O14. The Morgan fingerprint density at radius 2 is 0.618 bits per heavy atom. The number of hydrogen-bond acceptors (Lipinski definition) is 18. The molecule has 572 valence electrons. The van der Waals surface area contributed by atoms with Crippen molar-refractivity contribution < 1.29 is 66.7 Å². The zero-order valence-corrected chi connectivity index (χ0v) is 64.0.